The highest BCUT2D eigenvalue weighted by molar-refractivity contribution is 7.91. The number of hydrogen-bond donors (Lipinski definition) is 2. The Morgan fingerprint density at radius 3 is 2.68 bits per heavy atom. The van der Waals surface area contributed by atoms with Gasteiger partial charge >= 0.3 is 0 Å². The van der Waals surface area contributed by atoms with E-state index < -0.39 is 10.0 Å². The lowest BCUT2D eigenvalue weighted by Crippen LogP contribution is -2.24. The lowest BCUT2D eigenvalue weighted by Gasteiger charge is -2.09. The van der Waals surface area contributed by atoms with Crippen molar-refractivity contribution in [3.63, 3.8) is 0 Å². The molecule has 0 unspecified atom stereocenters. The topological polar surface area (TPSA) is 66.4 Å². The van der Waals surface area contributed by atoms with Crippen molar-refractivity contribution in [3.8, 4) is 0 Å². The van der Waals surface area contributed by atoms with Crippen LogP contribution in [0.25, 0.3) is 0 Å². The van der Waals surface area contributed by atoms with Crippen molar-refractivity contribution < 1.29 is 13.5 Å². The zero-order chi connectivity index (χ0) is 13.7. The fourth-order valence-corrected chi connectivity index (χ4v) is 4.89. The Morgan fingerprint density at radius 1 is 1.32 bits per heavy atom. The van der Waals surface area contributed by atoms with E-state index in [4.69, 9.17) is 5.11 Å². The van der Waals surface area contributed by atoms with E-state index in [2.05, 4.69) is 4.72 Å². The van der Waals surface area contributed by atoms with Gasteiger partial charge in [-0.1, -0.05) is 25.7 Å². The Labute approximate surface area is 118 Å². The fourth-order valence-electron chi connectivity index (χ4n) is 2.56. The molecule has 1 aromatic rings. The third-order valence-corrected chi connectivity index (χ3v) is 6.64. The lowest BCUT2D eigenvalue weighted by molar-refractivity contribution is 0.285. The number of hydrogen-bond acceptors (Lipinski definition) is 4. The molecule has 2 N–H and O–H groups in total. The zero-order valence-corrected chi connectivity index (χ0v) is 12.6. The summed E-state index contributed by atoms with van der Waals surface area (Å²) in [6.07, 6.45) is 7.29. The molecule has 1 aliphatic rings. The first kappa shape index (κ1) is 15.0. The molecule has 6 heteroatoms. The molecule has 0 aliphatic heterocycles. The van der Waals surface area contributed by atoms with Crippen molar-refractivity contribution in [2.75, 3.05) is 6.54 Å². The quantitative estimate of drug-likeness (QED) is 0.761. The van der Waals surface area contributed by atoms with Crippen molar-refractivity contribution in [2.45, 2.75) is 49.3 Å². The maximum absolute atomic E-state index is 12.0. The predicted octanol–water partition coefficient (Wildman–Crippen LogP) is 2.49. The molecule has 0 atom stereocenters. The van der Waals surface area contributed by atoms with E-state index in [0.717, 1.165) is 30.1 Å². The maximum atomic E-state index is 12.0. The molecule has 4 nitrogen and oxygen atoms in total. The molecule has 0 saturated heterocycles. The molecule has 1 heterocycles. The van der Waals surface area contributed by atoms with Crippen LogP contribution in [0.3, 0.4) is 0 Å². The standard InChI is InChI=1S/C13H21NO3S2/c15-10-12-7-8-13(18-12)19(16,17)14-9-3-6-11-4-1-2-5-11/h7-8,11,14-15H,1-6,9-10H2. The second-order valence-corrected chi connectivity index (χ2v) is 8.23. The summed E-state index contributed by atoms with van der Waals surface area (Å²) in [5, 5.41) is 8.95. The number of thiophene rings is 1. The Kier molecular flexibility index (Phi) is 5.38. The van der Waals surface area contributed by atoms with Gasteiger partial charge in [-0.15, -0.1) is 11.3 Å². The second kappa shape index (κ2) is 6.83. The highest BCUT2D eigenvalue weighted by Gasteiger charge is 2.17. The first-order valence-electron chi connectivity index (χ1n) is 6.81. The Morgan fingerprint density at radius 2 is 2.05 bits per heavy atom. The summed E-state index contributed by atoms with van der Waals surface area (Å²) in [5.74, 6) is 0.798. The largest absolute Gasteiger partial charge is 0.391 e. The van der Waals surface area contributed by atoms with Crippen LogP contribution in [-0.4, -0.2) is 20.1 Å². The van der Waals surface area contributed by atoms with E-state index in [1.807, 2.05) is 0 Å². The van der Waals surface area contributed by atoms with Gasteiger partial charge in [0, 0.05) is 11.4 Å². The summed E-state index contributed by atoms with van der Waals surface area (Å²) in [5.41, 5.74) is 0. The summed E-state index contributed by atoms with van der Waals surface area (Å²) in [7, 11) is -3.39. The van der Waals surface area contributed by atoms with E-state index in [9.17, 15) is 8.42 Å². The van der Waals surface area contributed by atoms with Crippen molar-refractivity contribution in [2.24, 2.45) is 5.92 Å². The smallest absolute Gasteiger partial charge is 0.250 e. The third-order valence-electron chi connectivity index (χ3n) is 3.61. The second-order valence-electron chi connectivity index (χ2n) is 5.07. The van der Waals surface area contributed by atoms with E-state index in [1.54, 1.807) is 12.1 Å². The third kappa shape index (κ3) is 4.27. The van der Waals surface area contributed by atoms with E-state index in [-0.39, 0.29) is 10.8 Å². The number of aliphatic hydroxyl groups is 1. The molecule has 0 amide bonds. The minimum absolute atomic E-state index is 0.109. The molecular formula is C13H21NO3S2. The van der Waals surface area contributed by atoms with Crippen LogP contribution in [0.1, 0.15) is 43.4 Å². The summed E-state index contributed by atoms with van der Waals surface area (Å²) in [4.78, 5) is 0.673. The monoisotopic (exact) mass is 303 g/mol. The molecular weight excluding hydrogens is 282 g/mol. The lowest BCUT2D eigenvalue weighted by atomic mass is 10.0. The number of sulfonamides is 1. The molecule has 1 aliphatic carbocycles. The van der Waals surface area contributed by atoms with Gasteiger partial charge in [0.1, 0.15) is 4.21 Å². The van der Waals surface area contributed by atoms with Crippen LogP contribution in [0.2, 0.25) is 0 Å². The highest BCUT2D eigenvalue weighted by Crippen LogP contribution is 2.28. The molecule has 0 spiro atoms. The molecule has 1 aromatic heterocycles. The zero-order valence-electron chi connectivity index (χ0n) is 11.0. The van der Waals surface area contributed by atoms with Crippen LogP contribution in [-0.2, 0) is 16.6 Å². The van der Waals surface area contributed by atoms with Gasteiger partial charge in [-0.2, -0.15) is 0 Å². The number of rotatable bonds is 7. The number of aliphatic hydroxyl groups excluding tert-OH is 1. The van der Waals surface area contributed by atoms with Crippen molar-refractivity contribution in [1.82, 2.24) is 4.72 Å². The molecule has 2 rings (SSSR count). The first-order valence-corrected chi connectivity index (χ1v) is 9.11. The van der Waals surface area contributed by atoms with Crippen LogP contribution in [0, 0.1) is 5.92 Å². The van der Waals surface area contributed by atoms with Gasteiger partial charge < -0.3 is 5.11 Å². The summed E-state index contributed by atoms with van der Waals surface area (Å²) < 4.78 is 26.9. The molecule has 1 saturated carbocycles. The summed E-state index contributed by atoms with van der Waals surface area (Å²) in [6.45, 7) is 0.396. The first-order chi connectivity index (χ1) is 9.12. The van der Waals surface area contributed by atoms with E-state index in [1.165, 1.54) is 25.7 Å². The van der Waals surface area contributed by atoms with Crippen molar-refractivity contribution >= 4 is 21.4 Å². The summed E-state index contributed by atoms with van der Waals surface area (Å²) in [6, 6.07) is 3.20. The average Bonchev–Trinajstić information content (AvgIpc) is 3.05. The van der Waals surface area contributed by atoms with Gasteiger partial charge in [0.25, 0.3) is 0 Å². The fraction of sp³-hybridized carbons (Fsp3) is 0.692. The van der Waals surface area contributed by atoms with Crippen molar-refractivity contribution in [3.05, 3.63) is 17.0 Å². The van der Waals surface area contributed by atoms with E-state index in [0.29, 0.717) is 11.4 Å². The van der Waals surface area contributed by atoms with Crippen LogP contribution in [0.4, 0.5) is 0 Å². The SMILES string of the molecule is O=S(=O)(NCCCC1CCCC1)c1ccc(CO)s1. The summed E-state index contributed by atoms with van der Waals surface area (Å²) >= 11 is 1.12. The Bertz CT molecular complexity index is 490. The minimum atomic E-state index is -3.39. The maximum Gasteiger partial charge on any atom is 0.250 e. The normalized spacial score (nSPS) is 17.1. The van der Waals surface area contributed by atoms with Gasteiger partial charge in [-0.25, -0.2) is 13.1 Å². The van der Waals surface area contributed by atoms with Crippen LogP contribution in [0.15, 0.2) is 16.3 Å². The molecule has 108 valence electrons. The molecule has 19 heavy (non-hydrogen) atoms. The van der Waals surface area contributed by atoms with E-state index >= 15 is 0 Å². The Hall–Kier alpha value is -0.430. The van der Waals surface area contributed by atoms with Crippen LogP contribution in [0.5, 0.6) is 0 Å². The minimum Gasteiger partial charge on any atom is -0.391 e. The Balaban J connectivity index is 1.77. The highest BCUT2D eigenvalue weighted by atomic mass is 32.2. The van der Waals surface area contributed by atoms with Crippen LogP contribution >= 0.6 is 11.3 Å². The van der Waals surface area contributed by atoms with Crippen molar-refractivity contribution in [1.29, 1.82) is 0 Å². The van der Waals surface area contributed by atoms with Gasteiger partial charge in [-0.05, 0) is 30.9 Å². The number of nitrogens with one attached hydrogen (secondary N) is 1. The molecule has 0 radical (unpaired) electrons. The molecule has 0 bridgehead atoms. The van der Waals surface area contributed by atoms with Gasteiger partial charge in [-0.3, -0.25) is 0 Å². The molecule has 0 aromatic carbocycles. The van der Waals surface area contributed by atoms with Gasteiger partial charge in [0.15, 0.2) is 0 Å². The van der Waals surface area contributed by atoms with Gasteiger partial charge in [0.2, 0.25) is 10.0 Å². The average molecular weight is 303 g/mol. The molecule has 1 fully saturated rings. The van der Waals surface area contributed by atoms with Gasteiger partial charge in [0.05, 0.1) is 6.61 Å². The van der Waals surface area contributed by atoms with Crippen LogP contribution < -0.4 is 4.72 Å². The predicted molar refractivity (Wildman–Crippen MR) is 76.6 cm³/mol.